The number of aromatic nitrogens is 2. The van der Waals surface area contributed by atoms with E-state index >= 15 is 0 Å². The number of nitrogens with zero attached hydrogens (tertiary/aromatic N) is 3. The van der Waals surface area contributed by atoms with Crippen LogP contribution in [0, 0.1) is 6.92 Å². The van der Waals surface area contributed by atoms with E-state index in [0.29, 0.717) is 32.6 Å². The van der Waals surface area contributed by atoms with Gasteiger partial charge in [-0.3, -0.25) is 9.59 Å². The zero-order valence-electron chi connectivity index (χ0n) is 15.2. The molecule has 0 radical (unpaired) electrons. The first-order valence-electron chi connectivity index (χ1n) is 8.30. The van der Waals surface area contributed by atoms with Gasteiger partial charge in [-0.05, 0) is 38.1 Å². The summed E-state index contributed by atoms with van der Waals surface area (Å²) in [7, 11) is 3.68. The SMILES string of the molecule is CCOC(=O)Cn1c2nc(C)ccc2c(=O)c2ccc(Cl)c(N(C)C)c21. The molecule has 0 spiro atoms. The lowest BCUT2D eigenvalue weighted by Gasteiger charge is -2.22. The Bertz CT molecular complexity index is 1070. The van der Waals surface area contributed by atoms with Crippen LogP contribution in [0.4, 0.5) is 5.69 Å². The van der Waals surface area contributed by atoms with E-state index in [-0.39, 0.29) is 18.6 Å². The summed E-state index contributed by atoms with van der Waals surface area (Å²) in [6.07, 6.45) is 0. The molecule has 136 valence electrons. The fourth-order valence-electron chi connectivity index (χ4n) is 3.10. The van der Waals surface area contributed by atoms with Crippen LogP contribution in [0.15, 0.2) is 29.1 Å². The number of anilines is 1. The number of rotatable bonds is 4. The number of halogens is 1. The number of pyridine rings is 2. The highest BCUT2D eigenvalue weighted by atomic mass is 35.5. The van der Waals surface area contributed by atoms with E-state index in [2.05, 4.69) is 4.98 Å². The second kappa shape index (κ2) is 6.96. The molecule has 3 aromatic rings. The van der Waals surface area contributed by atoms with Crippen molar-refractivity contribution in [3.8, 4) is 0 Å². The normalized spacial score (nSPS) is 11.1. The van der Waals surface area contributed by atoms with Crippen molar-refractivity contribution in [2.24, 2.45) is 0 Å². The van der Waals surface area contributed by atoms with Gasteiger partial charge in [0.1, 0.15) is 12.2 Å². The predicted molar refractivity (Wildman–Crippen MR) is 104 cm³/mol. The lowest BCUT2D eigenvalue weighted by atomic mass is 10.1. The van der Waals surface area contributed by atoms with Crippen LogP contribution in [-0.4, -0.2) is 36.2 Å². The minimum atomic E-state index is -0.397. The minimum absolute atomic E-state index is 0.0568. The molecule has 0 saturated carbocycles. The Kier molecular flexibility index (Phi) is 4.87. The number of hydrogen-bond acceptors (Lipinski definition) is 5. The van der Waals surface area contributed by atoms with Crippen LogP contribution in [-0.2, 0) is 16.1 Å². The molecule has 0 aliphatic rings. The van der Waals surface area contributed by atoms with E-state index in [9.17, 15) is 9.59 Å². The Hall–Kier alpha value is -2.60. The second-order valence-corrected chi connectivity index (χ2v) is 6.64. The Morgan fingerprint density at radius 3 is 2.58 bits per heavy atom. The van der Waals surface area contributed by atoms with E-state index < -0.39 is 5.97 Å². The topological polar surface area (TPSA) is 64.4 Å². The Labute approximate surface area is 155 Å². The summed E-state index contributed by atoms with van der Waals surface area (Å²) < 4.78 is 6.84. The lowest BCUT2D eigenvalue weighted by Crippen LogP contribution is -2.21. The van der Waals surface area contributed by atoms with Gasteiger partial charge in [0.25, 0.3) is 0 Å². The van der Waals surface area contributed by atoms with Gasteiger partial charge < -0.3 is 14.2 Å². The third-order valence-electron chi connectivity index (χ3n) is 4.17. The Balaban J connectivity index is 2.52. The van der Waals surface area contributed by atoms with Crippen LogP contribution in [0.2, 0.25) is 5.02 Å². The van der Waals surface area contributed by atoms with Crippen molar-refractivity contribution in [2.45, 2.75) is 20.4 Å². The van der Waals surface area contributed by atoms with Crippen LogP contribution < -0.4 is 10.3 Å². The molecule has 0 unspecified atom stereocenters. The van der Waals surface area contributed by atoms with Gasteiger partial charge in [0.15, 0.2) is 5.43 Å². The van der Waals surface area contributed by atoms with Crippen molar-refractivity contribution in [2.75, 3.05) is 25.6 Å². The molecule has 0 aliphatic carbocycles. The first-order valence-corrected chi connectivity index (χ1v) is 8.68. The number of carbonyl (C=O) groups is 1. The van der Waals surface area contributed by atoms with Gasteiger partial charge in [0.05, 0.1) is 28.2 Å². The van der Waals surface area contributed by atoms with Crippen LogP contribution in [0.25, 0.3) is 21.9 Å². The quantitative estimate of drug-likeness (QED) is 0.519. The highest BCUT2D eigenvalue weighted by molar-refractivity contribution is 6.35. The summed E-state index contributed by atoms with van der Waals surface area (Å²) in [4.78, 5) is 31.6. The number of esters is 1. The van der Waals surface area contributed by atoms with Crippen LogP contribution in [0.3, 0.4) is 0 Å². The van der Waals surface area contributed by atoms with Crippen molar-refractivity contribution in [1.82, 2.24) is 9.55 Å². The molecule has 0 atom stereocenters. The molecule has 0 aliphatic heterocycles. The van der Waals surface area contributed by atoms with E-state index in [0.717, 1.165) is 5.69 Å². The largest absolute Gasteiger partial charge is 0.465 e. The van der Waals surface area contributed by atoms with Gasteiger partial charge in [-0.1, -0.05) is 11.6 Å². The van der Waals surface area contributed by atoms with Crippen LogP contribution in [0.5, 0.6) is 0 Å². The number of carbonyl (C=O) groups excluding carboxylic acids is 1. The average molecular weight is 374 g/mol. The van der Waals surface area contributed by atoms with Crippen molar-refractivity contribution in [1.29, 1.82) is 0 Å². The average Bonchev–Trinajstić information content (AvgIpc) is 2.58. The first-order chi connectivity index (χ1) is 12.3. The number of benzene rings is 1. The minimum Gasteiger partial charge on any atom is -0.465 e. The monoisotopic (exact) mass is 373 g/mol. The number of hydrogen-bond donors (Lipinski definition) is 0. The summed E-state index contributed by atoms with van der Waals surface area (Å²) in [5.41, 5.74) is 2.30. The maximum atomic E-state index is 13.0. The summed E-state index contributed by atoms with van der Waals surface area (Å²) in [6.45, 7) is 3.82. The highest BCUT2D eigenvalue weighted by Gasteiger charge is 2.20. The molecule has 0 saturated heterocycles. The molecule has 6 nitrogen and oxygen atoms in total. The van der Waals surface area contributed by atoms with Crippen LogP contribution in [0.1, 0.15) is 12.6 Å². The second-order valence-electron chi connectivity index (χ2n) is 6.23. The molecule has 26 heavy (non-hydrogen) atoms. The molecule has 2 heterocycles. The van der Waals surface area contributed by atoms with Crippen molar-refractivity contribution in [3.63, 3.8) is 0 Å². The molecule has 7 heteroatoms. The summed E-state index contributed by atoms with van der Waals surface area (Å²) in [6, 6.07) is 6.91. The van der Waals surface area contributed by atoms with E-state index in [1.807, 2.05) is 25.9 Å². The zero-order valence-corrected chi connectivity index (χ0v) is 15.9. The summed E-state index contributed by atoms with van der Waals surface area (Å²) in [5.74, 6) is -0.397. The number of ether oxygens (including phenoxy) is 1. The van der Waals surface area contributed by atoms with Crippen molar-refractivity contribution < 1.29 is 9.53 Å². The van der Waals surface area contributed by atoms with E-state index in [1.54, 1.807) is 35.8 Å². The summed E-state index contributed by atoms with van der Waals surface area (Å²) >= 11 is 6.41. The molecule has 1 aromatic carbocycles. The smallest absolute Gasteiger partial charge is 0.326 e. The predicted octanol–water partition coefficient (Wildman–Crippen LogP) is 3.14. The molecule has 3 rings (SSSR count). The molecule has 0 bridgehead atoms. The Morgan fingerprint density at radius 1 is 1.23 bits per heavy atom. The standard InChI is InChI=1S/C19H20ClN3O3/c1-5-26-15(24)10-23-16-12(8-9-14(20)17(16)22(3)4)18(25)13-7-6-11(2)21-19(13)23/h6-9H,5,10H2,1-4H3. The van der Waals surface area contributed by atoms with Gasteiger partial charge in [0, 0.05) is 25.2 Å². The first kappa shape index (κ1) is 18.2. The maximum absolute atomic E-state index is 13.0. The van der Waals surface area contributed by atoms with Crippen molar-refractivity contribution >= 4 is 45.2 Å². The van der Waals surface area contributed by atoms with Gasteiger partial charge in [-0.15, -0.1) is 0 Å². The van der Waals surface area contributed by atoms with E-state index in [1.165, 1.54) is 0 Å². The maximum Gasteiger partial charge on any atom is 0.326 e. The highest BCUT2D eigenvalue weighted by Crippen LogP contribution is 2.33. The van der Waals surface area contributed by atoms with Gasteiger partial charge in [-0.2, -0.15) is 0 Å². The van der Waals surface area contributed by atoms with Crippen molar-refractivity contribution in [3.05, 3.63) is 45.2 Å². The van der Waals surface area contributed by atoms with Gasteiger partial charge in [-0.25, -0.2) is 4.98 Å². The number of aryl methyl sites for hydroxylation is 1. The fraction of sp³-hybridized carbons (Fsp3) is 0.316. The van der Waals surface area contributed by atoms with Gasteiger partial charge >= 0.3 is 5.97 Å². The lowest BCUT2D eigenvalue weighted by molar-refractivity contribution is -0.143. The fourth-order valence-corrected chi connectivity index (χ4v) is 3.43. The zero-order chi connectivity index (χ0) is 19.0. The summed E-state index contributed by atoms with van der Waals surface area (Å²) in [5, 5.41) is 1.44. The molecule has 0 N–H and O–H groups in total. The molecule has 0 fully saturated rings. The molecular weight excluding hydrogens is 354 g/mol. The third-order valence-corrected chi connectivity index (χ3v) is 4.48. The third kappa shape index (κ3) is 3.01. The van der Waals surface area contributed by atoms with E-state index in [4.69, 9.17) is 16.3 Å². The van der Waals surface area contributed by atoms with Gasteiger partial charge in [0.2, 0.25) is 0 Å². The molecular formula is C19H20ClN3O3. The molecule has 2 aromatic heterocycles. The number of fused-ring (bicyclic) bond motifs is 2. The Morgan fingerprint density at radius 2 is 1.92 bits per heavy atom. The van der Waals surface area contributed by atoms with Crippen LogP contribution >= 0.6 is 11.6 Å². The molecule has 0 amide bonds.